The van der Waals surface area contributed by atoms with E-state index >= 15 is 0 Å². The van der Waals surface area contributed by atoms with Crippen molar-refractivity contribution in [2.75, 3.05) is 0 Å². The van der Waals surface area contributed by atoms with Crippen LogP contribution in [0.1, 0.15) is 36.8 Å². The highest BCUT2D eigenvalue weighted by atomic mass is 19.4. The van der Waals surface area contributed by atoms with Crippen LogP contribution >= 0.6 is 0 Å². The molecule has 0 aromatic heterocycles. The van der Waals surface area contributed by atoms with Gasteiger partial charge in [-0.15, -0.1) is 13.2 Å². The Morgan fingerprint density at radius 3 is 2.29 bits per heavy atom. The van der Waals surface area contributed by atoms with Crippen LogP contribution in [-0.2, 0) is 22.6 Å². The Bertz CT molecular complexity index is 914. The predicted octanol–water partition coefficient (Wildman–Crippen LogP) is 4.01. The summed E-state index contributed by atoms with van der Waals surface area (Å²) < 4.78 is 53.6. The summed E-state index contributed by atoms with van der Waals surface area (Å²) in [5.74, 6) is -0.994. The first-order chi connectivity index (χ1) is 14.6. The molecule has 1 saturated heterocycles. The lowest BCUT2D eigenvalue weighted by molar-refractivity contribution is -0.274. The van der Waals surface area contributed by atoms with Crippen molar-refractivity contribution in [3.8, 4) is 5.75 Å². The molecule has 3 rings (SSSR count). The number of amides is 2. The fourth-order valence-electron chi connectivity index (χ4n) is 3.63. The molecule has 166 valence electrons. The van der Waals surface area contributed by atoms with Gasteiger partial charge in [-0.2, -0.15) is 0 Å². The number of carbonyl (C=O) groups is 2. The normalized spacial score (nSPS) is 18.5. The number of benzene rings is 2. The fourth-order valence-corrected chi connectivity index (χ4v) is 3.63. The van der Waals surface area contributed by atoms with Crippen LogP contribution in [0.2, 0.25) is 0 Å². The van der Waals surface area contributed by atoms with Crippen LogP contribution in [0.4, 0.5) is 17.6 Å². The largest absolute Gasteiger partial charge is 0.573 e. The number of nitrogens with one attached hydrogen (secondary N) is 2. The lowest BCUT2D eigenvalue weighted by Crippen LogP contribution is -2.44. The number of alkyl halides is 3. The summed E-state index contributed by atoms with van der Waals surface area (Å²) in [5.41, 5.74) is 0.922. The predicted molar refractivity (Wildman–Crippen MR) is 104 cm³/mol. The minimum Gasteiger partial charge on any atom is -0.406 e. The van der Waals surface area contributed by atoms with Crippen molar-refractivity contribution >= 4 is 11.8 Å². The van der Waals surface area contributed by atoms with E-state index in [0.717, 1.165) is 5.56 Å². The molecule has 2 aromatic carbocycles. The number of hydrogen-bond acceptors (Lipinski definition) is 3. The van der Waals surface area contributed by atoms with E-state index in [2.05, 4.69) is 15.4 Å². The minimum absolute atomic E-state index is 0.0799. The van der Waals surface area contributed by atoms with Gasteiger partial charge in [-0.25, -0.2) is 4.39 Å². The monoisotopic (exact) mass is 438 g/mol. The van der Waals surface area contributed by atoms with Crippen molar-refractivity contribution in [2.45, 2.75) is 50.6 Å². The number of ether oxygens (including phenoxy) is 1. The van der Waals surface area contributed by atoms with Gasteiger partial charge in [0, 0.05) is 24.9 Å². The molecule has 0 bridgehead atoms. The highest BCUT2D eigenvalue weighted by Crippen LogP contribution is 2.29. The van der Waals surface area contributed by atoms with Crippen molar-refractivity contribution < 1.29 is 31.9 Å². The maximum atomic E-state index is 13.2. The van der Waals surface area contributed by atoms with Gasteiger partial charge >= 0.3 is 6.36 Å². The third-order valence-corrected chi connectivity index (χ3v) is 5.17. The zero-order chi connectivity index (χ0) is 22.5. The van der Waals surface area contributed by atoms with Crippen molar-refractivity contribution in [1.82, 2.24) is 10.6 Å². The molecule has 0 spiro atoms. The lowest BCUT2D eigenvalue weighted by atomic mass is 9.85. The molecule has 1 heterocycles. The average molecular weight is 438 g/mol. The molecular weight excluding hydrogens is 416 g/mol. The smallest absolute Gasteiger partial charge is 0.406 e. The summed E-state index contributed by atoms with van der Waals surface area (Å²) in [4.78, 5) is 24.1. The van der Waals surface area contributed by atoms with Crippen molar-refractivity contribution in [3.05, 3.63) is 65.5 Å². The third kappa shape index (κ3) is 6.97. The van der Waals surface area contributed by atoms with Gasteiger partial charge in [-0.1, -0.05) is 24.3 Å². The molecule has 0 unspecified atom stereocenters. The van der Waals surface area contributed by atoms with E-state index in [4.69, 9.17) is 0 Å². The Morgan fingerprint density at radius 2 is 1.71 bits per heavy atom. The van der Waals surface area contributed by atoms with Gasteiger partial charge in [0.05, 0.1) is 0 Å². The van der Waals surface area contributed by atoms with Crippen molar-refractivity contribution in [1.29, 1.82) is 0 Å². The summed E-state index contributed by atoms with van der Waals surface area (Å²) in [6, 6.07) is 11.3. The first-order valence-corrected chi connectivity index (χ1v) is 9.79. The van der Waals surface area contributed by atoms with Crippen LogP contribution in [0.3, 0.4) is 0 Å². The summed E-state index contributed by atoms with van der Waals surface area (Å²) >= 11 is 0. The molecule has 2 N–H and O–H groups in total. The van der Waals surface area contributed by atoms with Crippen LogP contribution in [0.15, 0.2) is 48.5 Å². The SMILES string of the molecule is O=C(CC[C@]1(Cc2ccc(F)cc2)CCC(=O)N1)NCc1ccc(OC(F)(F)F)cc1. The van der Waals surface area contributed by atoms with Crippen molar-refractivity contribution in [2.24, 2.45) is 0 Å². The second kappa shape index (κ2) is 9.36. The number of hydrogen-bond donors (Lipinski definition) is 2. The molecule has 0 aliphatic carbocycles. The quantitative estimate of drug-likeness (QED) is 0.612. The second-order valence-electron chi connectivity index (χ2n) is 7.60. The van der Waals surface area contributed by atoms with E-state index in [1.807, 2.05) is 0 Å². The van der Waals surface area contributed by atoms with E-state index in [9.17, 15) is 27.2 Å². The molecule has 9 heteroatoms. The minimum atomic E-state index is -4.75. The van der Waals surface area contributed by atoms with E-state index < -0.39 is 11.9 Å². The van der Waals surface area contributed by atoms with Crippen LogP contribution in [0, 0.1) is 5.82 Å². The fraction of sp³-hybridized carbons (Fsp3) is 0.364. The van der Waals surface area contributed by atoms with Gasteiger partial charge in [0.25, 0.3) is 0 Å². The van der Waals surface area contributed by atoms with E-state index in [1.54, 1.807) is 12.1 Å². The van der Waals surface area contributed by atoms with E-state index in [-0.39, 0.29) is 36.3 Å². The summed E-state index contributed by atoms with van der Waals surface area (Å²) in [6.07, 6.45) is -2.73. The zero-order valence-corrected chi connectivity index (χ0v) is 16.6. The molecule has 2 amide bonds. The van der Waals surface area contributed by atoms with Crippen LogP contribution in [-0.4, -0.2) is 23.7 Å². The maximum absolute atomic E-state index is 13.2. The molecule has 0 saturated carbocycles. The highest BCUT2D eigenvalue weighted by molar-refractivity contribution is 5.80. The van der Waals surface area contributed by atoms with Gasteiger partial charge < -0.3 is 15.4 Å². The Balaban J connectivity index is 1.51. The Hall–Kier alpha value is -3.10. The third-order valence-electron chi connectivity index (χ3n) is 5.17. The molecular formula is C22H22F4N2O3. The van der Waals surface area contributed by atoms with Crippen LogP contribution in [0.25, 0.3) is 0 Å². The maximum Gasteiger partial charge on any atom is 0.573 e. The van der Waals surface area contributed by atoms with Crippen LogP contribution < -0.4 is 15.4 Å². The summed E-state index contributed by atoms with van der Waals surface area (Å²) in [7, 11) is 0. The Labute approximate surface area is 176 Å². The van der Waals surface area contributed by atoms with Gasteiger partial charge in [0.2, 0.25) is 11.8 Å². The zero-order valence-electron chi connectivity index (χ0n) is 16.6. The molecule has 1 fully saturated rings. The first kappa shape index (κ1) is 22.6. The molecule has 31 heavy (non-hydrogen) atoms. The van der Waals surface area contributed by atoms with Crippen LogP contribution in [0.5, 0.6) is 5.75 Å². The van der Waals surface area contributed by atoms with Gasteiger partial charge in [-0.3, -0.25) is 9.59 Å². The first-order valence-electron chi connectivity index (χ1n) is 9.79. The van der Waals surface area contributed by atoms with Gasteiger partial charge in [0.15, 0.2) is 0 Å². The lowest BCUT2D eigenvalue weighted by Gasteiger charge is -2.29. The molecule has 1 aliphatic rings. The number of rotatable bonds is 8. The molecule has 1 aliphatic heterocycles. The highest BCUT2D eigenvalue weighted by Gasteiger charge is 2.37. The Morgan fingerprint density at radius 1 is 1.06 bits per heavy atom. The molecule has 1 atom stereocenters. The Kier molecular flexibility index (Phi) is 6.82. The van der Waals surface area contributed by atoms with E-state index in [0.29, 0.717) is 31.2 Å². The average Bonchev–Trinajstić information content (AvgIpc) is 3.07. The van der Waals surface area contributed by atoms with E-state index in [1.165, 1.54) is 36.4 Å². The number of carbonyl (C=O) groups excluding carboxylic acids is 2. The molecule has 5 nitrogen and oxygen atoms in total. The second-order valence-corrected chi connectivity index (χ2v) is 7.60. The van der Waals surface area contributed by atoms with Gasteiger partial charge in [0.1, 0.15) is 11.6 Å². The number of halogens is 4. The summed E-state index contributed by atoms with van der Waals surface area (Å²) in [6.45, 7) is 0.155. The summed E-state index contributed by atoms with van der Waals surface area (Å²) in [5, 5.41) is 5.69. The van der Waals surface area contributed by atoms with Crippen molar-refractivity contribution in [3.63, 3.8) is 0 Å². The molecule has 2 aromatic rings. The standard InChI is InChI=1S/C22H22F4N2O3/c23-17-5-1-15(2-6-17)13-21(12-10-20(30)28-21)11-9-19(29)27-14-16-3-7-18(8-4-16)31-22(24,25)26/h1-8H,9-14H2,(H,27,29)(H,28,30)/t21-/m1/s1. The topological polar surface area (TPSA) is 67.4 Å². The molecule has 0 radical (unpaired) electrons. The van der Waals surface area contributed by atoms with Gasteiger partial charge in [-0.05, 0) is 54.7 Å².